The first kappa shape index (κ1) is 18.3. The Hall–Kier alpha value is -3.09. The zero-order chi connectivity index (χ0) is 19.8. The number of hydrogen-bond donors (Lipinski definition) is 0. The minimum absolute atomic E-state index is 0.0829. The summed E-state index contributed by atoms with van der Waals surface area (Å²) < 4.78 is 32.4. The van der Waals surface area contributed by atoms with Gasteiger partial charge < -0.3 is 9.42 Å². The van der Waals surface area contributed by atoms with Crippen molar-refractivity contribution in [3.05, 3.63) is 70.6 Å². The van der Waals surface area contributed by atoms with Gasteiger partial charge >= 0.3 is 0 Å². The molecule has 1 amide bonds. The lowest BCUT2D eigenvalue weighted by Crippen LogP contribution is -2.27. The Morgan fingerprint density at radius 3 is 2.57 bits per heavy atom. The van der Waals surface area contributed by atoms with E-state index >= 15 is 0 Å². The number of nitrogens with zero attached hydrogens (tertiary/aromatic N) is 3. The zero-order valence-corrected chi connectivity index (χ0v) is 15.6. The van der Waals surface area contributed by atoms with Gasteiger partial charge in [0.15, 0.2) is 0 Å². The largest absolute Gasteiger partial charge is 0.337 e. The third-order valence-corrected chi connectivity index (χ3v) is 5.10. The highest BCUT2D eigenvalue weighted by Gasteiger charge is 2.36. The smallest absolute Gasteiger partial charge is 0.249 e. The Labute approximate surface area is 161 Å². The summed E-state index contributed by atoms with van der Waals surface area (Å²) in [4.78, 5) is 18.3. The minimum atomic E-state index is -0.673. The summed E-state index contributed by atoms with van der Waals surface area (Å²) in [7, 11) is 0. The molecule has 2 aromatic carbocycles. The number of aromatic nitrogens is 2. The first-order valence-corrected chi connectivity index (χ1v) is 9.06. The molecule has 5 nitrogen and oxygen atoms in total. The van der Waals surface area contributed by atoms with Crippen molar-refractivity contribution < 1.29 is 18.1 Å². The van der Waals surface area contributed by atoms with Crippen molar-refractivity contribution in [2.24, 2.45) is 0 Å². The average molecular weight is 383 g/mol. The molecular formula is C21H19F2N3O2. The van der Waals surface area contributed by atoms with Gasteiger partial charge in [0.25, 0.3) is 0 Å². The Morgan fingerprint density at radius 1 is 1.11 bits per heavy atom. The Morgan fingerprint density at radius 2 is 1.86 bits per heavy atom. The summed E-state index contributed by atoms with van der Waals surface area (Å²) in [6.07, 6.45) is 0.842. The lowest BCUT2D eigenvalue weighted by molar-refractivity contribution is -0.130. The summed E-state index contributed by atoms with van der Waals surface area (Å²) in [5.74, 6) is -0.674. The van der Waals surface area contributed by atoms with Crippen molar-refractivity contribution in [3.8, 4) is 11.4 Å². The fourth-order valence-electron chi connectivity index (χ4n) is 3.46. The van der Waals surface area contributed by atoms with Gasteiger partial charge in [0.1, 0.15) is 17.7 Å². The number of halogens is 2. The predicted octanol–water partition coefficient (Wildman–Crippen LogP) is 4.50. The molecule has 7 heteroatoms. The lowest BCUT2D eigenvalue weighted by atomic mass is 10.1. The van der Waals surface area contributed by atoms with E-state index in [1.54, 1.807) is 0 Å². The summed E-state index contributed by atoms with van der Waals surface area (Å²) in [5, 5.41) is 4.05. The van der Waals surface area contributed by atoms with Gasteiger partial charge in [-0.1, -0.05) is 17.3 Å². The first-order valence-electron chi connectivity index (χ1n) is 9.06. The van der Waals surface area contributed by atoms with Crippen LogP contribution in [-0.4, -0.2) is 20.9 Å². The third kappa shape index (κ3) is 3.52. The van der Waals surface area contributed by atoms with Crippen molar-refractivity contribution >= 4 is 5.91 Å². The second kappa shape index (κ2) is 7.14. The first-order chi connectivity index (χ1) is 13.4. The molecule has 0 bridgehead atoms. The molecule has 1 aromatic heterocycles. The maximum Gasteiger partial charge on any atom is 0.249 e. The number of amides is 1. The van der Waals surface area contributed by atoms with Crippen molar-refractivity contribution in [1.82, 2.24) is 15.0 Å². The highest BCUT2D eigenvalue weighted by molar-refractivity contribution is 5.78. The molecule has 0 N–H and O–H groups in total. The van der Waals surface area contributed by atoms with E-state index in [9.17, 15) is 13.6 Å². The topological polar surface area (TPSA) is 59.2 Å². The SMILES string of the molecule is Cc1ccc(-c2noc(C3CCC(=O)N3Cc3cc(F)cc(F)c3)n2)cc1C. The molecular weight excluding hydrogens is 364 g/mol. The number of carbonyl (C=O) groups excluding carboxylic acids is 1. The van der Waals surface area contributed by atoms with Crippen LogP contribution in [0.1, 0.15) is 41.5 Å². The van der Waals surface area contributed by atoms with Gasteiger partial charge in [-0.15, -0.1) is 0 Å². The van der Waals surface area contributed by atoms with E-state index in [0.717, 1.165) is 17.2 Å². The van der Waals surface area contributed by atoms with Crippen LogP contribution >= 0.6 is 0 Å². The molecule has 0 radical (unpaired) electrons. The van der Waals surface area contributed by atoms with Crippen molar-refractivity contribution in [2.45, 2.75) is 39.3 Å². The molecule has 28 heavy (non-hydrogen) atoms. The molecule has 1 aliphatic rings. The maximum atomic E-state index is 13.5. The molecule has 3 aromatic rings. The van der Waals surface area contributed by atoms with Crippen LogP contribution in [0.4, 0.5) is 8.78 Å². The minimum Gasteiger partial charge on any atom is -0.337 e. The van der Waals surface area contributed by atoms with Crippen molar-refractivity contribution in [1.29, 1.82) is 0 Å². The molecule has 4 rings (SSSR count). The molecule has 0 aliphatic carbocycles. The van der Waals surface area contributed by atoms with E-state index in [1.165, 1.54) is 22.6 Å². The standard InChI is InChI=1S/C21H19F2N3O2/c1-12-3-4-15(7-13(12)2)20-24-21(28-25-20)18-5-6-19(27)26(18)11-14-8-16(22)10-17(23)9-14/h3-4,7-10,18H,5-6,11H2,1-2H3. The molecule has 0 spiro atoms. The van der Waals surface area contributed by atoms with Crippen LogP contribution in [-0.2, 0) is 11.3 Å². The van der Waals surface area contributed by atoms with Gasteiger partial charge in [-0.2, -0.15) is 4.98 Å². The van der Waals surface area contributed by atoms with Crippen LogP contribution in [0.5, 0.6) is 0 Å². The van der Waals surface area contributed by atoms with Gasteiger partial charge in [-0.05, 0) is 55.2 Å². The quantitative estimate of drug-likeness (QED) is 0.666. The van der Waals surface area contributed by atoms with Crippen LogP contribution in [0.3, 0.4) is 0 Å². The van der Waals surface area contributed by atoms with Gasteiger partial charge in [-0.25, -0.2) is 8.78 Å². The number of rotatable bonds is 4. The Bertz CT molecular complexity index is 1030. The Kier molecular flexibility index (Phi) is 4.66. The fraction of sp³-hybridized carbons (Fsp3) is 0.286. The normalized spacial score (nSPS) is 16.8. The Balaban J connectivity index is 1.60. The van der Waals surface area contributed by atoms with Gasteiger partial charge in [0, 0.05) is 24.6 Å². The van der Waals surface area contributed by atoms with E-state index < -0.39 is 17.7 Å². The van der Waals surface area contributed by atoms with Crippen molar-refractivity contribution in [2.75, 3.05) is 0 Å². The monoisotopic (exact) mass is 383 g/mol. The van der Waals surface area contributed by atoms with Gasteiger partial charge in [0.05, 0.1) is 0 Å². The van der Waals surface area contributed by atoms with Gasteiger partial charge in [0.2, 0.25) is 17.6 Å². The second-order valence-electron chi connectivity index (χ2n) is 7.11. The van der Waals surface area contributed by atoms with Crippen LogP contribution in [0, 0.1) is 25.5 Å². The number of likely N-dealkylation sites (tertiary alicyclic amines) is 1. The van der Waals surface area contributed by atoms with Crippen LogP contribution in [0.15, 0.2) is 40.9 Å². The molecule has 1 atom stereocenters. The number of benzene rings is 2. The molecule has 0 saturated carbocycles. The van der Waals surface area contributed by atoms with Crippen LogP contribution in [0.25, 0.3) is 11.4 Å². The van der Waals surface area contributed by atoms with E-state index in [0.29, 0.717) is 30.1 Å². The molecule has 1 aliphatic heterocycles. The number of aryl methyl sites for hydroxylation is 2. The average Bonchev–Trinajstić information content (AvgIpc) is 3.24. The lowest BCUT2D eigenvalue weighted by Gasteiger charge is -2.22. The second-order valence-corrected chi connectivity index (χ2v) is 7.11. The highest BCUT2D eigenvalue weighted by Crippen LogP contribution is 2.34. The number of carbonyl (C=O) groups is 1. The molecule has 144 valence electrons. The summed E-state index contributed by atoms with van der Waals surface area (Å²) >= 11 is 0. The predicted molar refractivity (Wildman–Crippen MR) is 98.1 cm³/mol. The van der Waals surface area contributed by atoms with Gasteiger partial charge in [-0.3, -0.25) is 4.79 Å². The van der Waals surface area contributed by atoms with E-state index in [-0.39, 0.29) is 12.5 Å². The van der Waals surface area contributed by atoms with Crippen LogP contribution in [0.2, 0.25) is 0 Å². The van der Waals surface area contributed by atoms with Crippen LogP contribution < -0.4 is 0 Å². The van der Waals surface area contributed by atoms with E-state index in [1.807, 2.05) is 32.0 Å². The van der Waals surface area contributed by atoms with Crippen molar-refractivity contribution in [3.63, 3.8) is 0 Å². The number of hydrogen-bond acceptors (Lipinski definition) is 4. The zero-order valence-electron chi connectivity index (χ0n) is 15.6. The fourth-order valence-corrected chi connectivity index (χ4v) is 3.46. The summed E-state index contributed by atoms with van der Waals surface area (Å²) in [6, 6.07) is 8.73. The van der Waals surface area contributed by atoms with E-state index in [4.69, 9.17) is 4.52 Å². The van der Waals surface area contributed by atoms with E-state index in [2.05, 4.69) is 10.1 Å². The highest BCUT2D eigenvalue weighted by atomic mass is 19.1. The maximum absolute atomic E-state index is 13.5. The summed E-state index contributed by atoms with van der Waals surface area (Å²) in [5.41, 5.74) is 3.50. The molecule has 2 heterocycles. The molecule has 1 fully saturated rings. The summed E-state index contributed by atoms with van der Waals surface area (Å²) in [6.45, 7) is 4.12. The molecule has 1 unspecified atom stereocenters. The molecule has 1 saturated heterocycles. The third-order valence-electron chi connectivity index (χ3n) is 5.10.